The van der Waals surface area contributed by atoms with Gasteiger partial charge in [-0.25, -0.2) is 5.43 Å². The number of hydrazone groups is 1. The first-order valence-electron chi connectivity index (χ1n) is 6.98. The summed E-state index contributed by atoms with van der Waals surface area (Å²) >= 11 is 0. The van der Waals surface area contributed by atoms with E-state index in [2.05, 4.69) is 15.8 Å². The van der Waals surface area contributed by atoms with E-state index < -0.39 is 0 Å². The van der Waals surface area contributed by atoms with Crippen LogP contribution >= 0.6 is 0 Å². The van der Waals surface area contributed by atoms with E-state index >= 15 is 0 Å². The molecule has 0 aliphatic heterocycles. The van der Waals surface area contributed by atoms with Gasteiger partial charge in [0.1, 0.15) is 5.75 Å². The Labute approximate surface area is 119 Å². The number of anilines is 1. The van der Waals surface area contributed by atoms with Gasteiger partial charge in [0.2, 0.25) is 0 Å². The molecular formula is C15H21N3O2. The average molecular weight is 275 g/mol. The average Bonchev–Trinajstić information content (AvgIpc) is 3.29. The van der Waals surface area contributed by atoms with Gasteiger partial charge >= 0.3 is 0 Å². The smallest absolute Gasteiger partial charge is 0.259 e. The van der Waals surface area contributed by atoms with Crippen molar-refractivity contribution in [3.63, 3.8) is 0 Å². The van der Waals surface area contributed by atoms with Crippen LogP contribution in [0, 0.1) is 5.92 Å². The highest BCUT2D eigenvalue weighted by atomic mass is 16.5. The fraction of sp³-hybridized carbons (Fsp3) is 0.467. The number of hydrogen-bond donors (Lipinski definition) is 2. The second-order valence-electron chi connectivity index (χ2n) is 4.87. The largest absolute Gasteiger partial charge is 0.494 e. The van der Waals surface area contributed by atoms with E-state index in [1.165, 1.54) is 12.8 Å². The molecule has 5 heteroatoms. The minimum Gasteiger partial charge on any atom is -0.494 e. The maximum absolute atomic E-state index is 11.6. The SMILES string of the molecule is CCOc1ccc(NCC(=O)N/N=C(/C)C2CC2)cc1. The van der Waals surface area contributed by atoms with Crippen molar-refractivity contribution in [2.24, 2.45) is 11.0 Å². The lowest BCUT2D eigenvalue weighted by molar-refractivity contribution is -0.119. The zero-order chi connectivity index (χ0) is 14.4. The fourth-order valence-corrected chi connectivity index (χ4v) is 1.80. The van der Waals surface area contributed by atoms with Crippen LogP contribution < -0.4 is 15.5 Å². The number of carbonyl (C=O) groups excluding carboxylic acids is 1. The number of hydrogen-bond acceptors (Lipinski definition) is 4. The minimum absolute atomic E-state index is 0.140. The quantitative estimate of drug-likeness (QED) is 0.593. The van der Waals surface area contributed by atoms with Gasteiger partial charge in [-0.05, 0) is 56.9 Å². The first-order chi connectivity index (χ1) is 9.69. The molecule has 0 spiro atoms. The highest BCUT2D eigenvalue weighted by molar-refractivity contribution is 5.88. The van der Waals surface area contributed by atoms with Crippen molar-refractivity contribution in [3.05, 3.63) is 24.3 Å². The molecule has 1 aliphatic carbocycles. The van der Waals surface area contributed by atoms with Crippen LogP contribution in [-0.2, 0) is 4.79 Å². The Bertz CT molecular complexity index is 478. The van der Waals surface area contributed by atoms with E-state index in [1.54, 1.807) is 0 Å². The van der Waals surface area contributed by atoms with E-state index in [-0.39, 0.29) is 12.5 Å². The Morgan fingerprint density at radius 1 is 1.35 bits per heavy atom. The molecule has 1 aromatic rings. The summed E-state index contributed by atoms with van der Waals surface area (Å²) < 4.78 is 5.35. The molecule has 1 aliphatic rings. The van der Waals surface area contributed by atoms with Gasteiger partial charge in [-0.3, -0.25) is 4.79 Å². The van der Waals surface area contributed by atoms with Gasteiger partial charge in [-0.15, -0.1) is 0 Å². The summed E-state index contributed by atoms with van der Waals surface area (Å²) in [6.45, 7) is 4.75. The molecule has 0 heterocycles. The van der Waals surface area contributed by atoms with Gasteiger partial charge in [0.25, 0.3) is 5.91 Å². The van der Waals surface area contributed by atoms with Crippen molar-refractivity contribution in [2.75, 3.05) is 18.5 Å². The van der Waals surface area contributed by atoms with Crippen LogP contribution in [0.3, 0.4) is 0 Å². The van der Waals surface area contributed by atoms with Gasteiger partial charge in [0.15, 0.2) is 0 Å². The summed E-state index contributed by atoms with van der Waals surface area (Å²) in [5.41, 5.74) is 4.46. The number of nitrogens with one attached hydrogen (secondary N) is 2. The van der Waals surface area contributed by atoms with E-state index in [4.69, 9.17) is 4.74 Å². The number of rotatable bonds is 7. The lowest BCUT2D eigenvalue weighted by Gasteiger charge is -2.07. The van der Waals surface area contributed by atoms with Gasteiger partial charge in [0, 0.05) is 11.4 Å². The summed E-state index contributed by atoms with van der Waals surface area (Å²) in [7, 11) is 0. The standard InChI is InChI=1S/C15H21N3O2/c1-3-20-14-8-6-13(7-9-14)16-10-15(19)18-17-11(2)12-4-5-12/h6-9,12,16H,3-5,10H2,1-2H3,(H,18,19)/b17-11-. The molecule has 108 valence electrons. The van der Waals surface area contributed by atoms with Crippen molar-refractivity contribution in [1.29, 1.82) is 0 Å². The first kappa shape index (κ1) is 14.4. The molecule has 20 heavy (non-hydrogen) atoms. The summed E-state index contributed by atoms with van der Waals surface area (Å²) in [5, 5.41) is 7.14. The third-order valence-electron chi connectivity index (χ3n) is 3.14. The normalized spacial score (nSPS) is 14.8. The zero-order valence-electron chi connectivity index (χ0n) is 12.0. The van der Waals surface area contributed by atoms with Crippen LogP contribution in [0.25, 0.3) is 0 Å². The molecule has 1 fully saturated rings. The summed E-state index contributed by atoms with van der Waals surface area (Å²) in [4.78, 5) is 11.6. The highest BCUT2D eigenvalue weighted by Crippen LogP contribution is 2.30. The van der Waals surface area contributed by atoms with Gasteiger partial charge < -0.3 is 10.1 Å². The third kappa shape index (κ3) is 4.57. The van der Waals surface area contributed by atoms with E-state index in [1.807, 2.05) is 38.1 Å². The molecule has 1 saturated carbocycles. The summed E-state index contributed by atoms with van der Waals surface area (Å²) in [6, 6.07) is 7.52. The van der Waals surface area contributed by atoms with Crippen LogP contribution in [0.15, 0.2) is 29.4 Å². The fourth-order valence-electron chi connectivity index (χ4n) is 1.80. The van der Waals surface area contributed by atoms with Gasteiger partial charge in [-0.1, -0.05) is 0 Å². The number of carbonyl (C=O) groups is 1. The highest BCUT2D eigenvalue weighted by Gasteiger charge is 2.24. The molecule has 0 aromatic heterocycles. The number of amides is 1. The van der Waals surface area contributed by atoms with Crippen molar-refractivity contribution in [2.45, 2.75) is 26.7 Å². The maximum atomic E-state index is 11.6. The van der Waals surface area contributed by atoms with Crippen molar-refractivity contribution in [3.8, 4) is 5.75 Å². The van der Waals surface area contributed by atoms with Crippen LogP contribution in [0.5, 0.6) is 5.75 Å². The Kier molecular flexibility index (Phi) is 4.98. The lowest BCUT2D eigenvalue weighted by atomic mass is 10.3. The molecule has 5 nitrogen and oxygen atoms in total. The van der Waals surface area contributed by atoms with Gasteiger partial charge in [0.05, 0.1) is 13.2 Å². The molecule has 1 amide bonds. The molecule has 2 rings (SSSR count). The minimum atomic E-state index is -0.140. The van der Waals surface area contributed by atoms with Crippen molar-refractivity contribution in [1.82, 2.24) is 5.43 Å². The lowest BCUT2D eigenvalue weighted by Crippen LogP contribution is -2.26. The van der Waals surface area contributed by atoms with Crippen LogP contribution in [0.2, 0.25) is 0 Å². The molecule has 0 unspecified atom stereocenters. The Balaban J connectivity index is 1.73. The topological polar surface area (TPSA) is 62.7 Å². The number of nitrogens with zero attached hydrogens (tertiary/aromatic N) is 1. The van der Waals surface area contributed by atoms with Crippen LogP contribution in [-0.4, -0.2) is 24.8 Å². The Hall–Kier alpha value is -2.04. The van der Waals surface area contributed by atoms with Crippen molar-refractivity contribution >= 4 is 17.3 Å². The predicted molar refractivity (Wildman–Crippen MR) is 80.1 cm³/mol. The molecule has 1 aromatic carbocycles. The Morgan fingerprint density at radius 3 is 2.65 bits per heavy atom. The Morgan fingerprint density at radius 2 is 2.05 bits per heavy atom. The second-order valence-corrected chi connectivity index (χ2v) is 4.87. The molecular weight excluding hydrogens is 254 g/mol. The zero-order valence-corrected chi connectivity index (χ0v) is 12.0. The first-order valence-corrected chi connectivity index (χ1v) is 6.98. The van der Waals surface area contributed by atoms with Crippen LogP contribution in [0.1, 0.15) is 26.7 Å². The molecule has 0 bridgehead atoms. The second kappa shape index (κ2) is 6.93. The summed E-state index contributed by atoms with van der Waals surface area (Å²) in [6.07, 6.45) is 2.38. The number of ether oxygens (including phenoxy) is 1. The van der Waals surface area contributed by atoms with E-state index in [0.29, 0.717) is 12.5 Å². The van der Waals surface area contributed by atoms with Crippen molar-refractivity contribution < 1.29 is 9.53 Å². The monoisotopic (exact) mass is 275 g/mol. The van der Waals surface area contributed by atoms with Gasteiger partial charge in [-0.2, -0.15) is 5.10 Å². The molecule has 0 saturated heterocycles. The predicted octanol–water partition coefficient (Wildman–Crippen LogP) is 2.40. The number of benzene rings is 1. The summed E-state index contributed by atoms with van der Waals surface area (Å²) in [5.74, 6) is 1.26. The van der Waals surface area contributed by atoms with E-state index in [9.17, 15) is 4.79 Å². The molecule has 0 radical (unpaired) electrons. The van der Waals surface area contributed by atoms with E-state index in [0.717, 1.165) is 17.1 Å². The third-order valence-corrected chi connectivity index (χ3v) is 3.14. The molecule has 0 atom stereocenters. The molecule has 2 N–H and O–H groups in total. The maximum Gasteiger partial charge on any atom is 0.259 e. The van der Waals surface area contributed by atoms with Crippen LogP contribution in [0.4, 0.5) is 5.69 Å².